The molecule has 1 aliphatic rings. The second-order valence-electron chi connectivity index (χ2n) is 5.60. The zero-order chi connectivity index (χ0) is 13.1. The van der Waals surface area contributed by atoms with E-state index in [4.69, 9.17) is 9.16 Å². The number of hydrogen-bond acceptors (Lipinski definition) is 3. The second-order valence-corrected chi connectivity index (χ2v) is 10.4. The lowest BCUT2D eigenvalue weighted by Crippen LogP contribution is -2.40. The molecule has 0 aromatic carbocycles. The van der Waals surface area contributed by atoms with Gasteiger partial charge in [-0.15, -0.1) is 0 Å². The molecular formula is C12H21NO3Si. The predicted octanol–water partition coefficient (Wildman–Crippen LogP) is 2.42. The maximum atomic E-state index is 11.1. The first-order valence-corrected chi connectivity index (χ1v) is 8.71. The Balaban J connectivity index is 2.43. The number of nitrogens with zero attached hydrogens (tertiary/aromatic N) is 1. The number of carbonyl (C=O) groups is 1. The number of rotatable bonds is 2. The van der Waals surface area contributed by atoms with Gasteiger partial charge in [-0.1, -0.05) is 26.7 Å². The fourth-order valence-corrected chi connectivity index (χ4v) is 1.92. The van der Waals surface area contributed by atoms with Gasteiger partial charge < -0.3 is 9.16 Å². The molecule has 1 rings (SSSR count). The molecule has 1 heterocycles. The van der Waals surface area contributed by atoms with Crippen LogP contribution in [-0.4, -0.2) is 39.1 Å². The highest BCUT2D eigenvalue weighted by molar-refractivity contribution is 6.74. The fraction of sp³-hybridized carbons (Fsp3) is 0.750. The van der Waals surface area contributed by atoms with Gasteiger partial charge in [0.25, 0.3) is 0 Å². The van der Waals surface area contributed by atoms with Crippen molar-refractivity contribution >= 4 is 14.4 Å². The number of cyclic esters (lactones) is 1. The molecule has 0 atom stereocenters. The lowest BCUT2D eigenvalue weighted by molar-refractivity contribution is 0.167. The van der Waals surface area contributed by atoms with Crippen molar-refractivity contribution in [2.75, 3.05) is 19.8 Å². The summed E-state index contributed by atoms with van der Waals surface area (Å²) in [5, 5.41) is 0.182. The van der Waals surface area contributed by atoms with Crippen molar-refractivity contribution in [3.05, 3.63) is 0 Å². The molecule has 0 saturated carbocycles. The third kappa shape index (κ3) is 3.75. The van der Waals surface area contributed by atoms with Crippen molar-refractivity contribution < 1.29 is 14.0 Å². The maximum absolute atomic E-state index is 11.1. The zero-order valence-electron chi connectivity index (χ0n) is 11.3. The van der Waals surface area contributed by atoms with Gasteiger partial charge in [0.2, 0.25) is 0 Å². The van der Waals surface area contributed by atoms with E-state index in [1.54, 1.807) is 0 Å². The number of carbonyl (C=O) groups excluding carboxylic acids is 1. The third-order valence-corrected chi connectivity index (χ3v) is 7.76. The first-order valence-electron chi connectivity index (χ1n) is 5.81. The van der Waals surface area contributed by atoms with Gasteiger partial charge in [0.15, 0.2) is 8.32 Å². The van der Waals surface area contributed by atoms with Crippen LogP contribution >= 0.6 is 0 Å². The Kier molecular flexibility index (Phi) is 4.23. The van der Waals surface area contributed by atoms with E-state index in [-0.39, 0.29) is 11.1 Å². The van der Waals surface area contributed by atoms with E-state index in [1.807, 2.05) is 0 Å². The molecule has 4 nitrogen and oxygen atoms in total. The Morgan fingerprint density at radius 1 is 1.47 bits per heavy atom. The van der Waals surface area contributed by atoms with Gasteiger partial charge in [-0.25, -0.2) is 9.69 Å². The van der Waals surface area contributed by atoms with Crippen LogP contribution in [0.2, 0.25) is 18.1 Å². The highest BCUT2D eigenvalue weighted by Crippen LogP contribution is 2.36. The monoisotopic (exact) mass is 255 g/mol. The average molecular weight is 255 g/mol. The normalized spacial score (nSPS) is 16.5. The van der Waals surface area contributed by atoms with E-state index in [9.17, 15) is 4.79 Å². The van der Waals surface area contributed by atoms with Crippen molar-refractivity contribution in [1.29, 1.82) is 0 Å². The van der Waals surface area contributed by atoms with Gasteiger partial charge in [-0.3, -0.25) is 0 Å². The average Bonchev–Trinajstić information content (AvgIpc) is 2.57. The van der Waals surface area contributed by atoms with Crippen LogP contribution in [0.1, 0.15) is 20.8 Å². The Hall–Kier alpha value is -0.993. The van der Waals surface area contributed by atoms with Gasteiger partial charge in [0.05, 0.1) is 13.2 Å². The second kappa shape index (κ2) is 5.11. The van der Waals surface area contributed by atoms with E-state index in [0.29, 0.717) is 19.8 Å². The highest BCUT2D eigenvalue weighted by atomic mass is 28.4. The Morgan fingerprint density at radius 3 is 2.59 bits per heavy atom. The van der Waals surface area contributed by atoms with Crippen LogP contribution < -0.4 is 0 Å². The highest BCUT2D eigenvalue weighted by Gasteiger charge is 2.36. The molecular weight excluding hydrogens is 234 g/mol. The molecule has 0 spiro atoms. The molecule has 96 valence electrons. The van der Waals surface area contributed by atoms with Crippen molar-refractivity contribution in [3.63, 3.8) is 0 Å². The molecule has 1 amide bonds. The molecule has 5 heteroatoms. The summed E-state index contributed by atoms with van der Waals surface area (Å²) in [6.45, 7) is 12.3. The largest absolute Gasteiger partial charge is 0.447 e. The summed E-state index contributed by atoms with van der Waals surface area (Å²) < 4.78 is 10.6. The van der Waals surface area contributed by atoms with E-state index in [1.165, 1.54) is 4.90 Å². The molecule has 0 aromatic rings. The topological polar surface area (TPSA) is 38.8 Å². The van der Waals surface area contributed by atoms with Gasteiger partial charge >= 0.3 is 6.09 Å². The van der Waals surface area contributed by atoms with Crippen LogP contribution in [0.5, 0.6) is 0 Å². The zero-order valence-corrected chi connectivity index (χ0v) is 12.3. The quantitative estimate of drug-likeness (QED) is 0.562. The van der Waals surface area contributed by atoms with Crippen LogP contribution in [-0.2, 0) is 9.16 Å². The lowest BCUT2D eigenvalue weighted by Gasteiger charge is -2.35. The van der Waals surface area contributed by atoms with Crippen molar-refractivity contribution in [1.82, 2.24) is 4.90 Å². The standard InChI is InChI=1S/C12H21NO3Si/c1-12(2,3)17(4,5)16-9-6-7-13-8-10-15-11(13)14/h8-10H2,1-5H3. The molecule has 1 aliphatic heterocycles. The minimum atomic E-state index is -1.74. The molecule has 1 saturated heterocycles. The van der Waals surface area contributed by atoms with Crippen molar-refractivity contribution in [2.24, 2.45) is 0 Å². The molecule has 1 fully saturated rings. The molecule has 17 heavy (non-hydrogen) atoms. The number of ether oxygens (including phenoxy) is 1. The number of hydrogen-bond donors (Lipinski definition) is 0. The van der Waals surface area contributed by atoms with Crippen molar-refractivity contribution in [3.8, 4) is 12.0 Å². The maximum Gasteiger partial charge on any atom is 0.421 e. The summed E-state index contributed by atoms with van der Waals surface area (Å²) >= 11 is 0. The summed E-state index contributed by atoms with van der Waals surface area (Å²) in [7, 11) is -1.74. The summed E-state index contributed by atoms with van der Waals surface area (Å²) in [6, 6.07) is 2.76. The molecule has 0 radical (unpaired) electrons. The van der Waals surface area contributed by atoms with Crippen LogP contribution in [0, 0.1) is 12.0 Å². The van der Waals surface area contributed by atoms with Gasteiger partial charge in [0.1, 0.15) is 6.61 Å². The van der Waals surface area contributed by atoms with Gasteiger partial charge in [0, 0.05) is 6.04 Å². The molecule has 0 N–H and O–H groups in total. The van der Waals surface area contributed by atoms with E-state index < -0.39 is 8.32 Å². The molecule has 0 aromatic heterocycles. The summed E-state index contributed by atoms with van der Waals surface area (Å²) in [5.74, 6) is 2.87. The van der Waals surface area contributed by atoms with Crippen molar-refractivity contribution in [2.45, 2.75) is 38.9 Å². The first kappa shape index (κ1) is 14.1. The fourth-order valence-electron chi connectivity index (χ4n) is 1.06. The SMILES string of the molecule is CC(C)(C)[Si](C)(C)OCC#CN1CCOC1=O. The molecule has 0 unspecified atom stereocenters. The summed E-state index contributed by atoms with van der Waals surface area (Å²) in [5.41, 5.74) is 0. The minimum absolute atomic E-state index is 0.182. The van der Waals surface area contributed by atoms with Crippen LogP contribution in [0.25, 0.3) is 0 Å². The van der Waals surface area contributed by atoms with Crippen LogP contribution in [0.15, 0.2) is 0 Å². The minimum Gasteiger partial charge on any atom is -0.447 e. The predicted molar refractivity (Wildman–Crippen MR) is 69.0 cm³/mol. The summed E-state index contributed by atoms with van der Waals surface area (Å²) in [4.78, 5) is 12.5. The third-order valence-electron chi connectivity index (χ3n) is 3.29. The molecule has 0 bridgehead atoms. The Labute approximate surface area is 104 Å². The van der Waals surface area contributed by atoms with E-state index >= 15 is 0 Å². The van der Waals surface area contributed by atoms with E-state index in [0.717, 1.165) is 0 Å². The smallest absolute Gasteiger partial charge is 0.421 e. The first-order chi connectivity index (χ1) is 7.74. The number of amides is 1. The molecule has 0 aliphatic carbocycles. The van der Waals surface area contributed by atoms with Gasteiger partial charge in [-0.2, -0.15) is 0 Å². The Bertz CT molecular complexity index is 349. The van der Waals surface area contributed by atoms with E-state index in [2.05, 4.69) is 45.8 Å². The summed E-state index contributed by atoms with van der Waals surface area (Å²) in [6.07, 6.45) is -0.357. The van der Waals surface area contributed by atoms with Gasteiger partial charge in [-0.05, 0) is 18.1 Å². The Morgan fingerprint density at radius 2 is 2.12 bits per heavy atom. The van der Waals surface area contributed by atoms with Crippen LogP contribution in [0.4, 0.5) is 4.79 Å². The van der Waals surface area contributed by atoms with Crippen LogP contribution in [0.3, 0.4) is 0 Å². The lowest BCUT2D eigenvalue weighted by atomic mass is 10.2.